The monoisotopic (exact) mass is 445 g/mol. The third-order valence-electron chi connectivity index (χ3n) is 4.52. The molecule has 0 bridgehead atoms. The average Bonchev–Trinajstić information content (AvgIpc) is 2.71. The largest absolute Gasteiger partial charge is 0.573 e. The normalized spacial score (nSPS) is 15.4. The minimum Gasteiger partial charge on any atom is -0.406 e. The summed E-state index contributed by atoms with van der Waals surface area (Å²) in [6.45, 7) is 1.51. The minimum atomic E-state index is -4.77. The SMILES string of the molecule is O=C(C=Cc1ccc(OC(F)(F)F)cc1)N1CCN(c2ccc(C(F)(F)F)cn2)CC1. The average molecular weight is 445 g/mol. The Morgan fingerprint density at radius 2 is 1.58 bits per heavy atom. The molecule has 0 aliphatic carbocycles. The van der Waals surface area contributed by atoms with E-state index in [0.29, 0.717) is 37.6 Å². The molecule has 0 N–H and O–H groups in total. The zero-order valence-electron chi connectivity index (χ0n) is 16.0. The molecule has 166 valence electrons. The second-order valence-electron chi connectivity index (χ2n) is 6.67. The van der Waals surface area contributed by atoms with Crippen LogP contribution in [-0.2, 0) is 11.0 Å². The van der Waals surface area contributed by atoms with Crippen molar-refractivity contribution in [2.45, 2.75) is 12.5 Å². The quantitative estimate of drug-likeness (QED) is 0.518. The molecule has 1 saturated heterocycles. The molecule has 0 saturated carbocycles. The fraction of sp³-hybridized carbons (Fsp3) is 0.300. The highest BCUT2D eigenvalue weighted by atomic mass is 19.4. The third-order valence-corrected chi connectivity index (χ3v) is 4.52. The van der Waals surface area contributed by atoms with Gasteiger partial charge in [0.15, 0.2) is 0 Å². The number of carbonyl (C=O) groups excluding carboxylic acids is 1. The second-order valence-corrected chi connectivity index (χ2v) is 6.67. The number of nitrogens with zero attached hydrogens (tertiary/aromatic N) is 3. The molecule has 1 aliphatic heterocycles. The van der Waals surface area contributed by atoms with Crippen LogP contribution >= 0.6 is 0 Å². The zero-order chi connectivity index (χ0) is 22.6. The smallest absolute Gasteiger partial charge is 0.406 e. The highest BCUT2D eigenvalue weighted by Gasteiger charge is 2.31. The van der Waals surface area contributed by atoms with Gasteiger partial charge in [0.25, 0.3) is 0 Å². The van der Waals surface area contributed by atoms with Crippen LogP contribution < -0.4 is 9.64 Å². The molecular formula is C20H17F6N3O2. The first-order valence-corrected chi connectivity index (χ1v) is 9.12. The first-order valence-electron chi connectivity index (χ1n) is 9.12. The van der Waals surface area contributed by atoms with Crippen LogP contribution in [0.15, 0.2) is 48.7 Å². The number of anilines is 1. The summed E-state index contributed by atoms with van der Waals surface area (Å²) in [5.41, 5.74) is -0.302. The summed E-state index contributed by atoms with van der Waals surface area (Å²) in [6.07, 6.45) is -5.66. The summed E-state index contributed by atoms with van der Waals surface area (Å²) < 4.78 is 78.2. The molecule has 31 heavy (non-hydrogen) atoms. The lowest BCUT2D eigenvalue weighted by Crippen LogP contribution is -2.48. The van der Waals surface area contributed by atoms with Gasteiger partial charge >= 0.3 is 12.5 Å². The lowest BCUT2D eigenvalue weighted by molar-refractivity contribution is -0.274. The predicted octanol–water partition coefficient (Wildman–Crippen LogP) is 4.36. The van der Waals surface area contributed by atoms with E-state index in [1.807, 2.05) is 0 Å². The summed E-state index contributed by atoms with van der Waals surface area (Å²) >= 11 is 0. The van der Waals surface area contributed by atoms with Gasteiger partial charge < -0.3 is 14.5 Å². The number of benzene rings is 1. The van der Waals surface area contributed by atoms with Crippen molar-refractivity contribution in [3.8, 4) is 5.75 Å². The number of amides is 1. The van der Waals surface area contributed by atoms with Crippen LogP contribution in [0.4, 0.5) is 32.2 Å². The fourth-order valence-electron chi connectivity index (χ4n) is 2.95. The third kappa shape index (κ3) is 6.37. The van der Waals surface area contributed by atoms with E-state index in [1.54, 1.807) is 9.80 Å². The molecule has 1 aliphatic rings. The van der Waals surface area contributed by atoms with Crippen LogP contribution in [0.2, 0.25) is 0 Å². The van der Waals surface area contributed by atoms with Crippen molar-refractivity contribution in [1.82, 2.24) is 9.88 Å². The van der Waals surface area contributed by atoms with Crippen molar-refractivity contribution in [1.29, 1.82) is 0 Å². The molecule has 3 rings (SSSR count). The Labute approximate surface area is 173 Å². The summed E-state index contributed by atoms with van der Waals surface area (Å²) in [6, 6.07) is 7.33. The molecular weight excluding hydrogens is 428 g/mol. The van der Waals surface area contributed by atoms with Crippen LogP contribution in [0.1, 0.15) is 11.1 Å². The van der Waals surface area contributed by atoms with Crippen molar-refractivity contribution in [3.05, 3.63) is 59.8 Å². The summed E-state index contributed by atoms with van der Waals surface area (Å²) in [4.78, 5) is 19.5. The maximum atomic E-state index is 12.6. The molecule has 2 aromatic rings. The van der Waals surface area contributed by atoms with E-state index in [2.05, 4.69) is 9.72 Å². The van der Waals surface area contributed by atoms with E-state index in [1.165, 1.54) is 30.4 Å². The Morgan fingerprint density at radius 1 is 0.935 bits per heavy atom. The number of hydrogen-bond donors (Lipinski definition) is 0. The van der Waals surface area contributed by atoms with Crippen molar-refractivity contribution < 1.29 is 35.9 Å². The number of halogens is 6. The van der Waals surface area contributed by atoms with Crippen molar-refractivity contribution in [3.63, 3.8) is 0 Å². The number of alkyl halides is 6. The summed E-state index contributed by atoms with van der Waals surface area (Å²) in [5, 5.41) is 0. The standard InChI is InChI=1S/C20H17F6N3O2/c21-19(22,23)15-4-7-17(27-13-15)28-9-11-29(12-10-28)18(30)8-3-14-1-5-16(6-2-14)31-20(24,25)26/h1-8,13H,9-12H2. The first kappa shape index (κ1) is 22.4. The van der Waals surface area contributed by atoms with E-state index in [0.717, 1.165) is 24.4 Å². The molecule has 0 atom stereocenters. The van der Waals surface area contributed by atoms with Crippen LogP contribution in [0.5, 0.6) is 5.75 Å². The molecule has 0 spiro atoms. The Bertz CT molecular complexity index is 916. The Hall–Kier alpha value is -3.24. The van der Waals surface area contributed by atoms with Gasteiger partial charge in [0, 0.05) is 38.5 Å². The molecule has 11 heteroatoms. The topological polar surface area (TPSA) is 45.7 Å². The van der Waals surface area contributed by atoms with E-state index in [-0.39, 0.29) is 11.7 Å². The summed E-state index contributed by atoms with van der Waals surface area (Å²) in [5.74, 6) is -0.239. The van der Waals surface area contributed by atoms with Gasteiger partial charge in [-0.3, -0.25) is 4.79 Å². The van der Waals surface area contributed by atoms with Gasteiger partial charge in [-0.05, 0) is 35.9 Å². The van der Waals surface area contributed by atoms with Gasteiger partial charge in [-0.1, -0.05) is 12.1 Å². The molecule has 1 fully saturated rings. The number of piperazine rings is 1. The Balaban J connectivity index is 1.52. The Morgan fingerprint density at radius 3 is 2.10 bits per heavy atom. The number of hydrogen-bond acceptors (Lipinski definition) is 4. The van der Waals surface area contributed by atoms with Gasteiger partial charge in [0.1, 0.15) is 11.6 Å². The van der Waals surface area contributed by atoms with Crippen LogP contribution in [0.3, 0.4) is 0 Å². The molecule has 0 unspecified atom stereocenters. The van der Waals surface area contributed by atoms with E-state index < -0.39 is 18.1 Å². The van der Waals surface area contributed by atoms with Crippen molar-refractivity contribution in [2.24, 2.45) is 0 Å². The fourth-order valence-corrected chi connectivity index (χ4v) is 2.95. The lowest BCUT2D eigenvalue weighted by Gasteiger charge is -2.35. The second kappa shape index (κ2) is 8.86. The van der Waals surface area contributed by atoms with Gasteiger partial charge in [-0.15, -0.1) is 13.2 Å². The lowest BCUT2D eigenvalue weighted by atomic mass is 10.2. The van der Waals surface area contributed by atoms with Crippen LogP contribution in [0.25, 0.3) is 6.08 Å². The number of rotatable bonds is 4. The van der Waals surface area contributed by atoms with E-state index in [9.17, 15) is 31.1 Å². The number of aromatic nitrogens is 1. The Kier molecular flexibility index (Phi) is 6.42. The van der Waals surface area contributed by atoms with E-state index in [4.69, 9.17) is 0 Å². The van der Waals surface area contributed by atoms with Crippen LogP contribution in [0, 0.1) is 0 Å². The van der Waals surface area contributed by atoms with Gasteiger partial charge in [0.05, 0.1) is 5.56 Å². The van der Waals surface area contributed by atoms with Crippen LogP contribution in [-0.4, -0.2) is 48.3 Å². The summed E-state index contributed by atoms with van der Waals surface area (Å²) in [7, 11) is 0. The molecule has 1 aromatic heterocycles. The molecule has 1 amide bonds. The molecule has 5 nitrogen and oxygen atoms in total. The molecule has 2 heterocycles. The molecule has 0 radical (unpaired) electrons. The number of carbonyl (C=O) groups is 1. The van der Waals surface area contributed by atoms with Crippen molar-refractivity contribution >= 4 is 17.8 Å². The molecule has 1 aromatic carbocycles. The highest BCUT2D eigenvalue weighted by Crippen LogP contribution is 2.29. The predicted molar refractivity (Wildman–Crippen MR) is 100 cm³/mol. The van der Waals surface area contributed by atoms with Crippen molar-refractivity contribution in [2.75, 3.05) is 31.1 Å². The van der Waals surface area contributed by atoms with Gasteiger partial charge in [-0.25, -0.2) is 4.98 Å². The highest BCUT2D eigenvalue weighted by molar-refractivity contribution is 5.92. The first-order chi connectivity index (χ1) is 14.5. The van der Waals surface area contributed by atoms with Gasteiger partial charge in [0.2, 0.25) is 5.91 Å². The minimum absolute atomic E-state index is 0.282. The number of ether oxygens (including phenoxy) is 1. The van der Waals surface area contributed by atoms with Gasteiger partial charge in [-0.2, -0.15) is 13.2 Å². The number of pyridine rings is 1. The maximum Gasteiger partial charge on any atom is 0.573 e. The zero-order valence-corrected chi connectivity index (χ0v) is 16.0. The maximum absolute atomic E-state index is 12.6. The van der Waals surface area contributed by atoms with E-state index >= 15 is 0 Å².